The van der Waals surface area contributed by atoms with Gasteiger partial charge in [-0.3, -0.25) is 9.59 Å². The second-order valence-electron chi connectivity index (χ2n) is 2.93. The van der Waals surface area contributed by atoms with Gasteiger partial charge in [0.2, 0.25) is 0 Å². The average molecular weight is 203 g/mol. The minimum absolute atomic E-state index is 0.210. The number of Topliss-reactive ketones (excluding diaryl/α,β-unsaturated/α-hetero) is 1. The van der Waals surface area contributed by atoms with Crippen LogP contribution in [0.1, 0.15) is 33.2 Å². The van der Waals surface area contributed by atoms with Gasteiger partial charge in [0.15, 0.2) is 12.1 Å². The molecule has 1 rings (SSSR count). The first kappa shape index (κ1) is 10.9. The van der Waals surface area contributed by atoms with Crippen LogP contribution in [0.4, 0.5) is 0 Å². The van der Waals surface area contributed by atoms with E-state index in [1.165, 1.54) is 26.2 Å². The third-order valence-electron chi connectivity index (χ3n) is 1.96. The Hall–Kier alpha value is -2.15. The molecule has 0 saturated carbocycles. The van der Waals surface area contributed by atoms with Crippen molar-refractivity contribution in [3.05, 3.63) is 28.8 Å². The van der Waals surface area contributed by atoms with Gasteiger partial charge in [-0.15, -0.1) is 0 Å². The number of hydrogen-bond acceptors (Lipinski definition) is 4. The minimum atomic E-state index is -0.243. The lowest BCUT2D eigenvalue weighted by molar-refractivity contribution is 0.101. The molecule has 4 nitrogen and oxygen atoms in total. The van der Waals surface area contributed by atoms with Crippen LogP contribution in [0.15, 0.2) is 12.1 Å². The Balaban J connectivity index is 3.54. The molecule has 1 aromatic carbocycles. The summed E-state index contributed by atoms with van der Waals surface area (Å²) in [5, 5.41) is 8.71. The molecule has 0 saturated heterocycles. The van der Waals surface area contributed by atoms with E-state index < -0.39 is 0 Å². The molecule has 0 aromatic heterocycles. The number of ether oxygens (including phenoxy) is 1. The van der Waals surface area contributed by atoms with Crippen LogP contribution in [0.2, 0.25) is 0 Å². The highest BCUT2D eigenvalue weighted by Crippen LogP contribution is 2.24. The van der Waals surface area contributed by atoms with Gasteiger partial charge >= 0.3 is 0 Å². The van der Waals surface area contributed by atoms with Crippen LogP contribution in [-0.2, 0) is 0 Å². The summed E-state index contributed by atoms with van der Waals surface area (Å²) >= 11 is 0. The van der Waals surface area contributed by atoms with E-state index in [4.69, 9.17) is 10.00 Å². The molecule has 0 aliphatic carbocycles. The third-order valence-corrected chi connectivity index (χ3v) is 1.96. The molecule has 0 aliphatic heterocycles. The van der Waals surface area contributed by atoms with E-state index >= 15 is 0 Å². The van der Waals surface area contributed by atoms with E-state index in [0.29, 0.717) is 6.29 Å². The van der Waals surface area contributed by atoms with Gasteiger partial charge in [0, 0.05) is 0 Å². The van der Waals surface area contributed by atoms with Crippen molar-refractivity contribution in [1.29, 1.82) is 5.26 Å². The number of methoxy groups -OCH3 is 1. The van der Waals surface area contributed by atoms with Crippen molar-refractivity contribution in [2.45, 2.75) is 6.92 Å². The zero-order valence-electron chi connectivity index (χ0n) is 8.40. The Bertz CT molecular complexity index is 458. The Labute approximate surface area is 87.1 Å². The van der Waals surface area contributed by atoms with Crippen molar-refractivity contribution in [2.24, 2.45) is 0 Å². The van der Waals surface area contributed by atoms with E-state index in [1.807, 2.05) is 6.07 Å². The van der Waals surface area contributed by atoms with Gasteiger partial charge in [-0.2, -0.15) is 5.26 Å². The van der Waals surface area contributed by atoms with Crippen LogP contribution in [0, 0.1) is 11.3 Å². The van der Waals surface area contributed by atoms with E-state index in [9.17, 15) is 9.59 Å². The molecule has 0 bridgehead atoms. The minimum Gasteiger partial charge on any atom is -0.495 e. The molecule has 0 unspecified atom stereocenters. The van der Waals surface area contributed by atoms with Gasteiger partial charge in [-0.1, -0.05) is 0 Å². The number of benzene rings is 1. The molecule has 0 fully saturated rings. The fourth-order valence-electron chi connectivity index (χ4n) is 1.29. The van der Waals surface area contributed by atoms with E-state index in [1.54, 1.807) is 0 Å². The molecule has 0 radical (unpaired) electrons. The van der Waals surface area contributed by atoms with Crippen molar-refractivity contribution in [2.75, 3.05) is 7.11 Å². The maximum absolute atomic E-state index is 11.3. The maximum atomic E-state index is 11.3. The number of hydrogen-bond donors (Lipinski definition) is 0. The number of aldehydes is 1. The molecule has 0 N–H and O–H groups in total. The van der Waals surface area contributed by atoms with E-state index in [2.05, 4.69) is 0 Å². The quantitative estimate of drug-likeness (QED) is 0.552. The molecule has 1 aromatic rings. The number of rotatable bonds is 3. The van der Waals surface area contributed by atoms with E-state index in [0.717, 1.165) is 0 Å². The number of nitriles is 1. The summed E-state index contributed by atoms with van der Waals surface area (Å²) in [4.78, 5) is 22.0. The molecule has 4 heteroatoms. The highest BCUT2D eigenvalue weighted by Gasteiger charge is 2.14. The van der Waals surface area contributed by atoms with Crippen molar-refractivity contribution < 1.29 is 14.3 Å². The predicted molar refractivity (Wildman–Crippen MR) is 53.1 cm³/mol. The molecule has 0 spiro atoms. The monoisotopic (exact) mass is 203 g/mol. The third kappa shape index (κ3) is 2.02. The second kappa shape index (κ2) is 4.38. The molecule has 0 heterocycles. The van der Waals surface area contributed by atoms with Crippen molar-refractivity contribution in [3.63, 3.8) is 0 Å². The molecule has 0 amide bonds. The summed E-state index contributed by atoms with van der Waals surface area (Å²) in [6, 6.07) is 4.68. The molecule has 76 valence electrons. The Kier molecular flexibility index (Phi) is 3.19. The summed E-state index contributed by atoms with van der Waals surface area (Å²) < 4.78 is 4.97. The first-order valence-electron chi connectivity index (χ1n) is 4.22. The van der Waals surface area contributed by atoms with Crippen molar-refractivity contribution >= 4 is 12.1 Å². The lowest BCUT2D eigenvalue weighted by atomic mass is 10.0. The fourth-order valence-corrected chi connectivity index (χ4v) is 1.29. The van der Waals surface area contributed by atoms with Gasteiger partial charge < -0.3 is 4.74 Å². The number of ketones is 1. The molecule has 0 atom stereocenters. The molecule has 0 aliphatic rings. The lowest BCUT2D eigenvalue weighted by Crippen LogP contribution is -2.02. The Morgan fingerprint density at radius 1 is 1.53 bits per heavy atom. The number of carbonyl (C=O) groups is 2. The first-order valence-corrected chi connectivity index (χ1v) is 4.22. The Morgan fingerprint density at radius 3 is 2.60 bits per heavy atom. The largest absolute Gasteiger partial charge is 0.495 e. The average Bonchev–Trinajstić information content (AvgIpc) is 2.26. The zero-order valence-corrected chi connectivity index (χ0v) is 8.40. The van der Waals surface area contributed by atoms with Gasteiger partial charge in [0.1, 0.15) is 5.75 Å². The van der Waals surface area contributed by atoms with Crippen molar-refractivity contribution in [3.8, 4) is 11.8 Å². The summed E-state index contributed by atoms with van der Waals surface area (Å²) in [5.41, 5.74) is 0.725. The van der Waals surface area contributed by atoms with Crippen LogP contribution in [-0.4, -0.2) is 19.2 Å². The smallest absolute Gasteiger partial charge is 0.163 e. The SMILES string of the molecule is COc1c(C=O)cc(C#N)cc1C(C)=O. The maximum Gasteiger partial charge on any atom is 0.163 e. The predicted octanol–water partition coefficient (Wildman–Crippen LogP) is 1.58. The van der Waals surface area contributed by atoms with Gasteiger partial charge in [-0.05, 0) is 19.1 Å². The highest BCUT2D eigenvalue weighted by molar-refractivity contribution is 6.00. The van der Waals surface area contributed by atoms with Gasteiger partial charge in [0.05, 0.1) is 29.9 Å². The number of nitrogens with zero attached hydrogens (tertiary/aromatic N) is 1. The van der Waals surface area contributed by atoms with Crippen LogP contribution in [0.25, 0.3) is 0 Å². The standard InChI is InChI=1S/C11H9NO3/c1-7(14)10-4-8(5-12)3-9(6-13)11(10)15-2/h3-4,6H,1-2H3. The summed E-state index contributed by atoms with van der Waals surface area (Å²) in [6.45, 7) is 1.35. The second-order valence-corrected chi connectivity index (χ2v) is 2.93. The van der Waals surface area contributed by atoms with E-state index in [-0.39, 0.29) is 28.2 Å². The summed E-state index contributed by atoms with van der Waals surface area (Å²) in [5.74, 6) is -0.0245. The summed E-state index contributed by atoms with van der Waals surface area (Å²) in [7, 11) is 1.38. The fraction of sp³-hybridized carbons (Fsp3) is 0.182. The lowest BCUT2D eigenvalue weighted by Gasteiger charge is -2.08. The topological polar surface area (TPSA) is 67.2 Å². The number of carbonyl (C=O) groups excluding carboxylic acids is 2. The summed E-state index contributed by atoms with van der Waals surface area (Å²) in [6.07, 6.45) is 0.562. The zero-order chi connectivity index (χ0) is 11.4. The van der Waals surface area contributed by atoms with Crippen LogP contribution in [0.5, 0.6) is 5.75 Å². The first-order chi connectivity index (χ1) is 7.13. The van der Waals surface area contributed by atoms with Crippen LogP contribution in [0.3, 0.4) is 0 Å². The normalized spacial score (nSPS) is 9.13. The molecular weight excluding hydrogens is 194 g/mol. The van der Waals surface area contributed by atoms with Gasteiger partial charge in [-0.25, -0.2) is 0 Å². The van der Waals surface area contributed by atoms with Crippen LogP contribution < -0.4 is 4.74 Å². The van der Waals surface area contributed by atoms with Crippen LogP contribution >= 0.6 is 0 Å². The molecule has 15 heavy (non-hydrogen) atoms. The highest BCUT2D eigenvalue weighted by atomic mass is 16.5. The van der Waals surface area contributed by atoms with Gasteiger partial charge in [0.25, 0.3) is 0 Å². The Morgan fingerprint density at radius 2 is 2.20 bits per heavy atom. The van der Waals surface area contributed by atoms with Crippen molar-refractivity contribution in [1.82, 2.24) is 0 Å². The molecular formula is C11H9NO3.